The van der Waals surface area contributed by atoms with E-state index >= 15 is 0 Å². The van der Waals surface area contributed by atoms with Crippen LogP contribution >= 0.6 is 0 Å². The Morgan fingerprint density at radius 1 is 1.35 bits per heavy atom. The summed E-state index contributed by atoms with van der Waals surface area (Å²) in [5.41, 5.74) is 0.567. The van der Waals surface area contributed by atoms with Crippen LogP contribution in [0.1, 0.15) is 10.4 Å². The second kappa shape index (κ2) is 7.89. The zero-order chi connectivity index (χ0) is 14.2. The summed E-state index contributed by atoms with van der Waals surface area (Å²) < 4.78 is 10.0. The van der Waals surface area contributed by atoms with Crippen LogP contribution in [0.5, 0.6) is 5.75 Å². The fourth-order valence-electron chi connectivity index (χ4n) is 2.00. The summed E-state index contributed by atoms with van der Waals surface area (Å²) in [5, 5.41) is 11.4. The average Bonchev–Trinajstić information content (AvgIpc) is 2.49. The molecule has 0 unspecified atom stereocenters. The van der Waals surface area contributed by atoms with Gasteiger partial charge in [0.25, 0.3) is 5.91 Å². The van der Waals surface area contributed by atoms with Crippen molar-refractivity contribution in [2.45, 2.75) is 0 Å². The van der Waals surface area contributed by atoms with Crippen LogP contribution in [0.2, 0.25) is 0 Å². The van der Waals surface area contributed by atoms with Crippen molar-refractivity contribution in [1.82, 2.24) is 10.2 Å². The fraction of sp³-hybridized carbons (Fsp3) is 0.462. The van der Waals surface area contributed by atoms with E-state index in [4.69, 9.17) is 14.4 Å². The van der Waals surface area contributed by atoms with Gasteiger partial charge in [-0.3, -0.25) is 9.69 Å². The van der Waals surface area contributed by atoms with Crippen molar-refractivity contribution in [3.63, 3.8) is 0 Å². The third-order valence-electron chi connectivity index (χ3n) is 3.12. The highest BCUT2D eigenvalue weighted by Gasteiger charge is 2.10. The molecule has 1 aromatic rings. The van der Waals surface area contributed by atoms with Gasteiger partial charge in [-0.05, 0) is 24.3 Å². The number of nitrogens with zero attached hydrogens (tertiary/aromatic N) is 1. The average molecular weight is 277 g/mol. The number of benzene rings is 1. The van der Waals surface area contributed by atoms with Gasteiger partial charge in [-0.1, -0.05) is 0 Å². The Kier molecular flexibility index (Phi) is 5.85. The first kappa shape index (κ1) is 14.8. The minimum atomic E-state index is -0.113. The summed E-state index contributed by atoms with van der Waals surface area (Å²) in [4.78, 5) is 14.2. The van der Waals surface area contributed by atoms with Crippen molar-refractivity contribution >= 4 is 13.6 Å². The quantitative estimate of drug-likeness (QED) is 0.696. The van der Waals surface area contributed by atoms with Crippen molar-refractivity contribution in [2.75, 3.05) is 39.4 Å². The standard InChI is InChI=1S/C13H18BN2O4/c17-13(11-1-3-12(4-2-11)20-14-18)15-5-6-16-7-9-19-10-8-16/h1-4,18H,5-10H2,(H,15,17). The first-order valence-corrected chi connectivity index (χ1v) is 6.60. The highest BCUT2D eigenvalue weighted by molar-refractivity contribution is 6.17. The minimum absolute atomic E-state index is 0.113. The van der Waals surface area contributed by atoms with E-state index in [0.717, 1.165) is 32.8 Å². The highest BCUT2D eigenvalue weighted by Crippen LogP contribution is 2.11. The van der Waals surface area contributed by atoms with E-state index < -0.39 is 0 Å². The number of amides is 1. The molecule has 1 amide bonds. The molecule has 0 aromatic heterocycles. The van der Waals surface area contributed by atoms with E-state index in [2.05, 4.69) is 10.2 Å². The van der Waals surface area contributed by atoms with Crippen molar-refractivity contribution in [3.05, 3.63) is 29.8 Å². The molecule has 0 aliphatic carbocycles. The number of rotatable bonds is 6. The fourth-order valence-corrected chi connectivity index (χ4v) is 2.00. The molecule has 7 heteroatoms. The molecule has 0 saturated carbocycles. The van der Waals surface area contributed by atoms with Gasteiger partial charge < -0.3 is 19.7 Å². The van der Waals surface area contributed by atoms with Gasteiger partial charge >= 0.3 is 7.69 Å². The summed E-state index contributed by atoms with van der Waals surface area (Å²) in [6.45, 7) is 4.80. The van der Waals surface area contributed by atoms with Gasteiger partial charge in [0.2, 0.25) is 0 Å². The van der Waals surface area contributed by atoms with E-state index in [1.165, 1.54) is 0 Å². The molecule has 0 spiro atoms. The normalized spacial score (nSPS) is 15.7. The van der Waals surface area contributed by atoms with Crippen molar-refractivity contribution < 1.29 is 19.2 Å². The lowest BCUT2D eigenvalue weighted by molar-refractivity contribution is 0.0383. The lowest BCUT2D eigenvalue weighted by atomic mass is 10.2. The lowest BCUT2D eigenvalue weighted by Gasteiger charge is -2.26. The summed E-state index contributed by atoms with van der Waals surface area (Å²) in [7, 11) is 0.609. The van der Waals surface area contributed by atoms with Crippen LogP contribution in [0.4, 0.5) is 0 Å². The predicted octanol–water partition coefficient (Wildman–Crippen LogP) is -0.346. The van der Waals surface area contributed by atoms with Crippen LogP contribution in [0.3, 0.4) is 0 Å². The Balaban J connectivity index is 1.73. The molecule has 1 saturated heterocycles. The van der Waals surface area contributed by atoms with Crippen molar-refractivity contribution in [1.29, 1.82) is 0 Å². The van der Waals surface area contributed by atoms with Gasteiger partial charge in [-0.2, -0.15) is 0 Å². The molecule has 1 fully saturated rings. The molecule has 2 N–H and O–H groups in total. The number of hydrogen-bond acceptors (Lipinski definition) is 5. The number of morpholine rings is 1. The Morgan fingerprint density at radius 3 is 2.70 bits per heavy atom. The predicted molar refractivity (Wildman–Crippen MR) is 74.6 cm³/mol. The maximum absolute atomic E-state index is 11.9. The summed E-state index contributed by atoms with van der Waals surface area (Å²) in [6.07, 6.45) is 0. The number of ether oxygens (including phenoxy) is 1. The Hall–Kier alpha value is -1.57. The Labute approximate surface area is 119 Å². The van der Waals surface area contributed by atoms with E-state index in [-0.39, 0.29) is 5.91 Å². The molecule has 0 bridgehead atoms. The Bertz CT molecular complexity index is 421. The first-order valence-electron chi connectivity index (χ1n) is 6.60. The number of carbonyl (C=O) groups is 1. The topological polar surface area (TPSA) is 71.0 Å². The molecule has 1 aliphatic heterocycles. The van der Waals surface area contributed by atoms with Gasteiger partial charge in [0, 0.05) is 31.7 Å². The van der Waals surface area contributed by atoms with Crippen LogP contribution in [0, 0.1) is 0 Å². The van der Waals surface area contributed by atoms with Crippen LogP contribution in [-0.4, -0.2) is 62.9 Å². The second-order valence-electron chi connectivity index (χ2n) is 4.46. The summed E-state index contributed by atoms with van der Waals surface area (Å²) in [5.74, 6) is 0.371. The molecule has 1 aliphatic rings. The molecule has 1 aromatic carbocycles. The molecule has 1 radical (unpaired) electrons. The van der Waals surface area contributed by atoms with Gasteiger partial charge in [0.15, 0.2) is 0 Å². The van der Waals surface area contributed by atoms with Crippen molar-refractivity contribution in [2.24, 2.45) is 0 Å². The summed E-state index contributed by atoms with van der Waals surface area (Å²) in [6, 6.07) is 6.57. The Morgan fingerprint density at radius 2 is 2.05 bits per heavy atom. The highest BCUT2D eigenvalue weighted by atomic mass is 16.5. The molecule has 1 heterocycles. The molecule has 2 rings (SSSR count). The van der Waals surface area contributed by atoms with Gasteiger partial charge in [0.1, 0.15) is 5.75 Å². The van der Waals surface area contributed by atoms with E-state index in [1.54, 1.807) is 24.3 Å². The second-order valence-corrected chi connectivity index (χ2v) is 4.46. The van der Waals surface area contributed by atoms with E-state index in [1.807, 2.05) is 0 Å². The summed E-state index contributed by atoms with van der Waals surface area (Å²) >= 11 is 0. The smallest absolute Gasteiger partial charge is 0.537 e. The zero-order valence-corrected chi connectivity index (χ0v) is 11.2. The van der Waals surface area contributed by atoms with Crippen LogP contribution < -0.4 is 9.97 Å². The SMILES string of the molecule is O=C(NCCN1CCOCC1)c1ccc(O[B]O)cc1. The monoisotopic (exact) mass is 277 g/mol. The number of carbonyl (C=O) groups excluding carboxylic acids is 1. The van der Waals surface area contributed by atoms with Gasteiger partial charge in [0.05, 0.1) is 13.2 Å². The first-order chi connectivity index (χ1) is 9.79. The maximum atomic E-state index is 11.9. The molecule has 0 atom stereocenters. The van der Waals surface area contributed by atoms with E-state index in [9.17, 15) is 4.79 Å². The molecular weight excluding hydrogens is 259 g/mol. The van der Waals surface area contributed by atoms with E-state index in [0.29, 0.717) is 25.5 Å². The largest absolute Gasteiger partial charge is 0.569 e. The third-order valence-corrected chi connectivity index (χ3v) is 3.12. The maximum Gasteiger partial charge on any atom is 0.569 e. The van der Waals surface area contributed by atoms with Crippen LogP contribution in [0.15, 0.2) is 24.3 Å². The molecule has 107 valence electrons. The van der Waals surface area contributed by atoms with Crippen molar-refractivity contribution in [3.8, 4) is 5.75 Å². The lowest BCUT2D eigenvalue weighted by Crippen LogP contribution is -2.41. The zero-order valence-electron chi connectivity index (χ0n) is 11.2. The molecule has 6 nitrogen and oxygen atoms in total. The number of hydrogen-bond donors (Lipinski definition) is 2. The molecule has 20 heavy (non-hydrogen) atoms. The minimum Gasteiger partial charge on any atom is -0.537 e. The van der Waals surface area contributed by atoms with Gasteiger partial charge in [-0.25, -0.2) is 0 Å². The van der Waals surface area contributed by atoms with Crippen LogP contribution in [0.25, 0.3) is 0 Å². The molecular formula is C13H18BN2O4. The van der Waals surface area contributed by atoms with Gasteiger partial charge in [-0.15, -0.1) is 0 Å². The number of nitrogens with one attached hydrogen (secondary N) is 1. The van der Waals surface area contributed by atoms with Crippen LogP contribution in [-0.2, 0) is 4.74 Å². The third kappa shape index (κ3) is 4.52.